The van der Waals surface area contributed by atoms with E-state index in [2.05, 4.69) is 5.32 Å². The van der Waals surface area contributed by atoms with Crippen molar-refractivity contribution in [3.63, 3.8) is 0 Å². The summed E-state index contributed by atoms with van der Waals surface area (Å²) in [6.45, 7) is 0. The number of halogens is 3. The Morgan fingerprint density at radius 1 is 1.16 bits per heavy atom. The molecule has 2 saturated carbocycles. The average molecular weight is 358 g/mol. The quantitative estimate of drug-likeness (QED) is 0.878. The Labute approximate surface area is 143 Å². The number of amides is 2. The van der Waals surface area contributed by atoms with Gasteiger partial charge in [0.1, 0.15) is 5.76 Å². The highest BCUT2D eigenvalue weighted by molar-refractivity contribution is 5.91. The normalized spacial score (nSPS) is 20.1. The maximum Gasteiger partial charge on any atom is 0.471 e. The van der Waals surface area contributed by atoms with Crippen molar-refractivity contribution in [1.29, 1.82) is 0 Å². The fraction of sp³-hybridized carbons (Fsp3) is 0.647. The van der Waals surface area contributed by atoms with Gasteiger partial charge in [0.05, 0.1) is 6.26 Å². The summed E-state index contributed by atoms with van der Waals surface area (Å²) in [7, 11) is 0. The Hall–Kier alpha value is -1.99. The van der Waals surface area contributed by atoms with Gasteiger partial charge in [-0.25, -0.2) is 0 Å². The van der Waals surface area contributed by atoms with Crippen LogP contribution in [0.15, 0.2) is 22.8 Å². The van der Waals surface area contributed by atoms with Crippen LogP contribution < -0.4 is 5.32 Å². The van der Waals surface area contributed by atoms with Crippen molar-refractivity contribution in [1.82, 2.24) is 10.2 Å². The first-order chi connectivity index (χ1) is 11.9. The second-order valence-electron chi connectivity index (χ2n) is 6.70. The van der Waals surface area contributed by atoms with E-state index >= 15 is 0 Å². The molecule has 0 aromatic carbocycles. The van der Waals surface area contributed by atoms with Gasteiger partial charge in [0, 0.05) is 12.1 Å². The van der Waals surface area contributed by atoms with E-state index in [-0.39, 0.29) is 11.8 Å². The van der Waals surface area contributed by atoms with Crippen molar-refractivity contribution in [3.8, 4) is 0 Å². The minimum atomic E-state index is -5.03. The SMILES string of the molecule is O=C(NC1CCCCC1)C(c1ccco1)N(C(=O)C(F)(F)F)C1CC1. The third kappa shape index (κ3) is 4.16. The Bertz CT molecular complexity index is 605. The third-order valence-electron chi connectivity index (χ3n) is 4.71. The molecule has 138 valence electrons. The van der Waals surface area contributed by atoms with Crippen molar-refractivity contribution in [2.24, 2.45) is 0 Å². The topological polar surface area (TPSA) is 62.6 Å². The zero-order chi connectivity index (χ0) is 18.0. The van der Waals surface area contributed by atoms with Crippen LogP contribution in [0.2, 0.25) is 0 Å². The van der Waals surface area contributed by atoms with Crippen LogP contribution in [-0.2, 0) is 9.59 Å². The lowest BCUT2D eigenvalue weighted by Crippen LogP contribution is -2.51. The second kappa shape index (κ2) is 7.09. The fourth-order valence-corrected chi connectivity index (χ4v) is 3.36. The van der Waals surface area contributed by atoms with E-state index in [1.165, 1.54) is 18.4 Å². The van der Waals surface area contributed by atoms with Crippen molar-refractivity contribution >= 4 is 11.8 Å². The number of carbonyl (C=O) groups is 2. The van der Waals surface area contributed by atoms with Gasteiger partial charge >= 0.3 is 12.1 Å². The van der Waals surface area contributed by atoms with E-state index in [0.717, 1.165) is 32.1 Å². The number of furan rings is 1. The van der Waals surface area contributed by atoms with Crippen LogP contribution in [-0.4, -0.2) is 35.0 Å². The first-order valence-corrected chi connectivity index (χ1v) is 8.61. The predicted molar refractivity (Wildman–Crippen MR) is 82.4 cm³/mol. The van der Waals surface area contributed by atoms with Gasteiger partial charge in [-0.1, -0.05) is 19.3 Å². The summed E-state index contributed by atoms with van der Waals surface area (Å²) in [4.78, 5) is 25.4. The number of hydrogen-bond acceptors (Lipinski definition) is 3. The minimum absolute atomic E-state index is 0.0535. The lowest BCUT2D eigenvalue weighted by Gasteiger charge is -2.32. The Morgan fingerprint density at radius 3 is 2.36 bits per heavy atom. The lowest BCUT2D eigenvalue weighted by atomic mass is 9.95. The number of nitrogens with zero attached hydrogens (tertiary/aromatic N) is 1. The standard InChI is InChI=1S/C17H21F3N2O3/c18-17(19,20)16(24)22(12-8-9-12)14(13-7-4-10-25-13)15(23)21-11-5-2-1-3-6-11/h4,7,10-12,14H,1-3,5-6,8-9H2,(H,21,23). The average Bonchev–Trinajstić information content (AvgIpc) is 3.26. The summed E-state index contributed by atoms with van der Waals surface area (Å²) in [5.41, 5.74) is 0. The molecule has 5 nitrogen and oxygen atoms in total. The molecule has 2 fully saturated rings. The highest BCUT2D eigenvalue weighted by Crippen LogP contribution is 2.38. The van der Waals surface area contributed by atoms with E-state index in [0.29, 0.717) is 17.7 Å². The molecular weight excluding hydrogens is 337 g/mol. The molecule has 1 N–H and O–H groups in total. The first kappa shape index (κ1) is 17.8. The molecule has 2 aliphatic carbocycles. The van der Waals surface area contributed by atoms with Crippen LogP contribution in [0.25, 0.3) is 0 Å². The monoisotopic (exact) mass is 358 g/mol. The molecule has 0 bridgehead atoms. The zero-order valence-electron chi connectivity index (χ0n) is 13.7. The maximum atomic E-state index is 13.1. The molecule has 1 aromatic rings. The number of hydrogen-bond donors (Lipinski definition) is 1. The molecule has 0 aliphatic heterocycles. The summed E-state index contributed by atoms with van der Waals surface area (Å²) in [6, 6.07) is 0.893. The van der Waals surface area contributed by atoms with E-state index < -0.39 is 30.1 Å². The Balaban J connectivity index is 1.85. The van der Waals surface area contributed by atoms with Gasteiger partial charge in [0.15, 0.2) is 6.04 Å². The molecule has 1 heterocycles. The molecule has 3 rings (SSSR count). The molecule has 1 unspecified atom stereocenters. The van der Waals surface area contributed by atoms with Crippen LogP contribution in [0, 0.1) is 0 Å². The summed E-state index contributed by atoms with van der Waals surface area (Å²) in [5.74, 6) is -2.54. The molecule has 25 heavy (non-hydrogen) atoms. The van der Waals surface area contributed by atoms with Gasteiger partial charge in [-0.3, -0.25) is 9.59 Å². The van der Waals surface area contributed by atoms with Crippen LogP contribution >= 0.6 is 0 Å². The van der Waals surface area contributed by atoms with Gasteiger partial charge in [0.25, 0.3) is 5.91 Å². The van der Waals surface area contributed by atoms with Gasteiger partial charge in [0.2, 0.25) is 0 Å². The van der Waals surface area contributed by atoms with Crippen molar-refractivity contribution < 1.29 is 27.2 Å². The predicted octanol–water partition coefficient (Wildman–Crippen LogP) is 3.32. The highest BCUT2D eigenvalue weighted by Gasteiger charge is 2.52. The van der Waals surface area contributed by atoms with Crippen molar-refractivity contribution in [2.75, 3.05) is 0 Å². The fourth-order valence-electron chi connectivity index (χ4n) is 3.36. The molecule has 8 heteroatoms. The molecule has 2 aliphatic rings. The summed E-state index contributed by atoms with van der Waals surface area (Å²) >= 11 is 0. The van der Waals surface area contributed by atoms with Crippen molar-refractivity contribution in [3.05, 3.63) is 24.2 Å². The number of rotatable bonds is 5. The minimum Gasteiger partial charge on any atom is -0.467 e. The summed E-state index contributed by atoms with van der Waals surface area (Å²) in [6.07, 6.45) is 1.81. The molecule has 1 aromatic heterocycles. The maximum absolute atomic E-state index is 13.1. The van der Waals surface area contributed by atoms with Gasteiger partial charge in [-0.05, 0) is 37.8 Å². The summed E-state index contributed by atoms with van der Waals surface area (Å²) in [5, 5.41) is 2.82. The lowest BCUT2D eigenvalue weighted by molar-refractivity contribution is -0.189. The van der Waals surface area contributed by atoms with Crippen molar-refractivity contribution in [2.45, 2.75) is 69.2 Å². The van der Waals surface area contributed by atoms with Gasteiger partial charge < -0.3 is 14.6 Å². The first-order valence-electron chi connectivity index (χ1n) is 8.61. The van der Waals surface area contributed by atoms with Gasteiger partial charge in [-0.15, -0.1) is 0 Å². The highest BCUT2D eigenvalue weighted by atomic mass is 19.4. The molecule has 0 spiro atoms. The smallest absolute Gasteiger partial charge is 0.467 e. The van der Waals surface area contributed by atoms with Crippen LogP contribution in [0.1, 0.15) is 56.7 Å². The van der Waals surface area contributed by atoms with Crippen LogP contribution in [0.4, 0.5) is 13.2 Å². The third-order valence-corrected chi connectivity index (χ3v) is 4.71. The van der Waals surface area contributed by atoms with E-state index in [9.17, 15) is 22.8 Å². The Kier molecular flexibility index (Phi) is 5.06. The Morgan fingerprint density at radius 2 is 1.84 bits per heavy atom. The molecule has 2 amide bonds. The van der Waals surface area contributed by atoms with Crippen LogP contribution in [0.5, 0.6) is 0 Å². The summed E-state index contributed by atoms with van der Waals surface area (Å²) < 4.78 is 44.4. The van der Waals surface area contributed by atoms with Crippen LogP contribution in [0.3, 0.4) is 0 Å². The number of nitrogens with one attached hydrogen (secondary N) is 1. The zero-order valence-corrected chi connectivity index (χ0v) is 13.7. The van der Waals surface area contributed by atoms with E-state index in [1.54, 1.807) is 0 Å². The largest absolute Gasteiger partial charge is 0.471 e. The number of carbonyl (C=O) groups excluding carboxylic acids is 2. The second-order valence-corrected chi connectivity index (χ2v) is 6.70. The number of alkyl halides is 3. The van der Waals surface area contributed by atoms with E-state index in [4.69, 9.17) is 4.42 Å². The molecule has 0 radical (unpaired) electrons. The van der Waals surface area contributed by atoms with Gasteiger partial charge in [-0.2, -0.15) is 13.2 Å². The molecular formula is C17H21F3N2O3. The van der Waals surface area contributed by atoms with E-state index in [1.807, 2.05) is 0 Å². The molecule has 1 atom stereocenters. The molecule has 0 saturated heterocycles.